The van der Waals surface area contributed by atoms with E-state index in [2.05, 4.69) is 24.3 Å². The highest BCUT2D eigenvalue weighted by molar-refractivity contribution is 6.31. The van der Waals surface area contributed by atoms with E-state index in [1.165, 1.54) is 0 Å². The number of aromatic nitrogens is 2. The van der Waals surface area contributed by atoms with Crippen LogP contribution in [0.25, 0.3) is 0 Å². The number of rotatable bonds is 7. The average molecular weight is 274 g/mol. The van der Waals surface area contributed by atoms with Gasteiger partial charge in [0.1, 0.15) is 0 Å². The Morgan fingerprint density at radius 3 is 2.67 bits per heavy atom. The molecule has 0 aromatic carbocycles. The zero-order valence-corrected chi connectivity index (χ0v) is 12.7. The molecule has 1 aromatic heterocycles. The summed E-state index contributed by atoms with van der Waals surface area (Å²) in [6, 6.07) is 0.346. The Kier molecular flexibility index (Phi) is 6.12. The number of aryl methyl sites for hydroxylation is 2. The molecule has 5 heteroatoms. The maximum Gasteiger partial charge on any atom is 0.0847 e. The van der Waals surface area contributed by atoms with Crippen LogP contribution in [0.2, 0.25) is 5.02 Å². The monoisotopic (exact) mass is 273 g/mol. The maximum atomic E-state index is 6.32. The average Bonchev–Trinajstić information content (AvgIpc) is 2.65. The van der Waals surface area contributed by atoms with Crippen molar-refractivity contribution in [3.8, 4) is 0 Å². The Labute approximate surface area is 115 Å². The fourth-order valence-corrected chi connectivity index (χ4v) is 2.31. The van der Waals surface area contributed by atoms with Crippen LogP contribution < -0.4 is 5.32 Å². The van der Waals surface area contributed by atoms with E-state index in [1.54, 1.807) is 7.11 Å². The highest BCUT2D eigenvalue weighted by Gasteiger charge is 2.18. The molecule has 2 atom stereocenters. The van der Waals surface area contributed by atoms with Gasteiger partial charge in [-0.25, -0.2) is 0 Å². The molecule has 0 aliphatic carbocycles. The normalized spacial score (nSPS) is 14.8. The molecule has 1 heterocycles. The van der Waals surface area contributed by atoms with Crippen LogP contribution in [-0.4, -0.2) is 36.1 Å². The Bertz CT molecular complexity index is 379. The van der Waals surface area contributed by atoms with Crippen LogP contribution in [0, 0.1) is 6.92 Å². The Balaban J connectivity index is 2.81. The fraction of sp³-hybridized carbons (Fsp3) is 0.769. The number of nitrogens with one attached hydrogen (secondary N) is 1. The van der Waals surface area contributed by atoms with Crippen LogP contribution in [0.4, 0.5) is 0 Å². The summed E-state index contributed by atoms with van der Waals surface area (Å²) in [5, 5.41) is 8.56. The number of nitrogens with zero attached hydrogens (tertiary/aromatic N) is 2. The predicted molar refractivity (Wildman–Crippen MR) is 75.3 cm³/mol. The Morgan fingerprint density at radius 2 is 2.17 bits per heavy atom. The second-order valence-electron chi connectivity index (χ2n) is 4.63. The predicted octanol–water partition coefficient (Wildman–Crippen LogP) is 2.42. The van der Waals surface area contributed by atoms with Gasteiger partial charge < -0.3 is 10.1 Å². The van der Waals surface area contributed by atoms with Crippen LogP contribution >= 0.6 is 11.6 Å². The van der Waals surface area contributed by atoms with Crippen LogP contribution in [-0.2, 0) is 17.7 Å². The highest BCUT2D eigenvalue weighted by atomic mass is 35.5. The first-order valence-electron chi connectivity index (χ1n) is 6.45. The van der Waals surface area contributed by atoms with Gasteiger partial charge >= 0.3 is 0 Å². The third kappa shape index (κ3) is 3.70. The zero-order chi connectivity index (χ0) is 13.7. The molecule has 1 aromatic rings. The second-order valence-corrected chi connectivity index (χ2v) is 5.01. The van der Waals surface area contributed by atoms with Crippen LogP contribution in [0.3, 0.4) is 0 Å². The zero-order valence-electron chi connectivity index (χ0n) is 12.0. The highest BCUT2D eigenvalue weighted by Crippen LogP contribution is 2.22. The van der Waals surface area contributed by atoms with Gasteiger partial charge in [-0.1, -0.05) is 11.6 Å². The second kappa shape index (κ2) is 7.12. The lowest BCUT2D eigenvalue weighted by atomic mass is 10.0. The van der Waals surface area contributed by atoms with Crippen molar-refractivity contribution >= 4 is 11.6 Å². The van der Waals surface area contributed by atoms with Crippen molar-refractivity contribution in [2.45, 2.75) is 52.3 Å². The van der Waals surface area contributed by atoms with E-state index < -0.39 is 0 Å². The largest absolute Gasteiger partial charge is 0.382 e. The molecule has 18 heavy (non-hydrogen) atoms. The molecule has 1 N–H and O–H groups in total. The molecule has 0 bridgehead atoms. The quantitative estimate of drug-likeness (QED) is 0.829. The van der Waals surface area contributed by atoms with Crippen molar-refractivity contribution in [1.82, 2.24) is 15.1 Å². The SMILES string of the molecule is CCn1nc(C)c(Cl)c1CC(CC(C)OC)NC. The minimum atomic E-state index is 0.236. The van der Waals surface area contributed by atoms with E-state index in [4.69, 9.17) is 16.3 Å². The summed E-state index contributed by atoms with van der Waals surface area (Å²) >= 11 is 6.32. The van der Waals surface area contributed by atoms with Gasteiger partial charge in [0.25, 0.3) is 0 Å². The van der Waals surface area contributed by atoms with Gasteiger partial charge in [0.05, 0.1) is 22.5 Å². The Hall–Kier alpha value is -0.580. The summed E-state index contributed by atoms with van der Waals surface area (Å²) < 4.78 is 7.30. The van der Waals surface area contributed by atoms with Crippen LogP contribution in [0.5, 0.6) is 0 Å². The molecule has 0 radical (unpaired) electrons. The summed E-state index contributed by atoms with van der Waals surface area (Å²) in [5.74, 6) is 0. The third-order valence-corrected chi connectivity index (χ3v) is 3.81. The molecule has 0 saturated heterocycles. The van der Waals surface area contributed by atoms with Gasteiger partial charge in [0.2, 0.25) is 0 Å². The van der Waals surface area contributed by atoms with Crippen molar-refractivity contribution in [3.05, 3.63) is 16.4 Å². The van der Waals surface area contributed by atoms with Crippen molar-refractivity contribution in [2.24, 2.45) is 0 Å². The van der Waals surface area contributed by atoms with Crippen molar-refractivity contribution in [1.29, 1.82) is 0 Å². The third-order valence-electron chi connectivity index (χ3n) is 3.32. The maximum absolute atomic E-state index is 6.32. The number of halogens is 1. The van der Waals surface area contributed by atoms with E-state index >= 15 is 0 Å². The van der Waals surface area contributed by atoms with Crippen LogP contribution in [0.1, 0.15) is 31.7 Å². The fourth-order valence-electron chi connectivity index (χ4n) is 2.10. The first-order valence-corrected chi connectivity index (χ1v) is 6.83. The first-order chi connectivity index (χ1) is 8.53. The molecule has 2 unspecified atom stereocenters. The number of methoxy groups -OCH3 is 1. The van der Waals surface area contributed by atoms with E-state index in [-0.39, 0.29) is 6.10 Å². The summed E-state index contributed by atoms with van der Waals surface area (Å²) in [6.07, 6.45) is 2.06. The summed E-state index contributed by atoms with van der Waals surface area (Å²) in [4.78, 5) is 0. The van der Waals surface area contributed by atoms with Gasteiger partial charge in [-0.3, -0.25) is 4.68 Å². The molecular weight excluding hydrogens is 250 g/mol. The van der Waals surface area contributed by atoms with E-state index in [9.17, 15) is 0 Å². The summed E-state index contributed by atoms with van der Waals surface area (Å²) in [6.45, 7) is 6.95. The molecule has 0 saturated carbocycles. The van der Waals surface area contributed by atoms with Crippen molar-refractivity contribution in [3.63, 3.8) is 0 Å². The summed E-state index contributed by atoms with van der Waals surface area (Å²) in [5.41, 5.74) is 2.02. The van der Waals surface area contributed by atoms with Crippen molar-refractivity contribution in [2.75, 3.05) is 14.2 Å². The smallest absolute Gasteiger partial charge is 0.0847 e. The number of ether oxygens (including phenoxy) is 1. The minimum absolute atomic E-state index is 0.236. The molecule has 0 amide bonds. The molecular formula is C13H24ClN3O. The van der Waals surface area contributed by atoms with Crippen LogP contribution in [0.15, 0.2) is 0 Å². The summed E-state index contributed by atoms with van der Waals surface area (Å²) in [7, 11) is 3.71. The van der Waals surface area contributed by atoms with E-state index in [1.807, 2.05) is 18.7 Å². The molecule has 0 aliphatic rings. The van der Waals surface area contributed by atoms with Gasteiger partial charge in [-0.05, 0) is 34.2 Å². The number of hydrogen-bond acceptors (Lipinski definition) is 3. The first kappa shape index (κ1) is 15.5. The standard InChI is InChI=1S/C13H24ClN3O/c1-6-17-12(13(14)10(3)16-17)8-11(15-4)7-9(2)18-5/h9,11,15H,6-8H2,1-5H3. The lowest BCUT2D eigenvalue weighted by Crippen LogP contribution is -2.32. The van der Waals surface area contributed by atoms with Crippen molar-refractivity contribution < 1.29 is 4.74 Å². The van der Waals surface area contributed by atoms with Gasteiger partial charge in [0.15, 0.2) is 0 Å². The molecule has 4 nitrogen and oxygen atoms in total. The molecule has 1 rings (SSSR count). The van der Waals surface area contributed by atoms with Gasteiger partial charge in [-0.15, -0.1) is 0 Å². The molecule has 0 aliphatic heterocycles. The van der Waals surface area contributed by atoms with E-state index in [0.717, 1.165) is 35.8 Å². The minimum Gasteiger partial charge on any atom is -0.382 e. The molecule has 0 spiro atoms. The molecule has 0 fully saturated rings. The number of likely N-dealkylation sites (N-methyl/N-ethyl adjacent to an activating group) is 1. The number of hydrogen-bond donors (Lipinski definition) is 1. The molecule has 104 valence electrons. The topological polar surface area (TPSA) is 39.1 Å². The lowest BCUT2D eigenvalue weighted by Gasteiger charge is -2.20. The Morgan fingerprint density at radius 1 is 1.50 bits per heavy atom. The van der Waals surface area contributed by atoms with E-state index in [0.29, 0.717) is 6.04 Å². The lowest BCUT2D eigenvalue weighted by molar-refractivity contribution is 0.101. The van der Waals surface area contributed by atoms with Gasteiger partial charge in [0, 0.05) is 26.1 Å². The van der Waals surface area contributed by atoms with Gasteiger partial charge in [-0.2, -0.15) is 5.10 Å².